The monoisotopic (exact) mass is 494 g/mol. The molecule has 0 radical (unpaired) electrons. The van der Waals surface area contributed by atoms with E-state index in [1.807, 2.05) is 31.2 Å². The van der Waals surface area contributed by atoms with Crippen LogP contribution in [-0.4, -0.2) is 79.7 Å². The largest absolute Gasteiger partial charge is 0.507 e. The zero-order valence-electron chi connectivity index (χ0n) is 20.9. The van der Waals surface area contributed by atoms with E-state index >= 15 is 0 Å². The summed E-state index contributed by atoms with van der Waals surface area (Å²) in [5.41, 5.74) is 1.26. The van der Waals surface area contributed by atoms with E-state index in [2.05, 4.69) is 4.90 Å². The van der Waals surface area contributed by atoms with Gasteiger partial charge in [-0.15, -0.1) is 0 Å². The van der Waals surface area contributed by atoms with Crippen molar-refractivity contribution in [3.8, 4) is 11.5 Å². The van der Waals surface area contributed by atoms with Crippen LogP contribution in [-0.2, 0) is 14.3 Å². The van der Waals surface area contributed by atoms with Gasteiger partial charge in [0.2, 0.25) is 0 Å². The van der Waals surface area contributed by atoms with Crippen molar-refractivity contribution in [3.05, 3.63) is 65.2 Å². The highest BCUT2D eigenvalue weighted by molar-refractivity contribution is 6.46. The number of methoxy groups -OCH3 is 1. The normalized spacial score (nSPS) is 20.1. The highest BCUT2D eigenvalue weighted by Crippen LogP contribution is 2.40. The molecule has 1 amide bonds. The number of rotatable bonds is 10. The van der Waals surface area contributed by atoms with E-state index in [1.165, 1.54) is 0 Å². The van der Waals surface area contributed by atoms with Gasteiger partial charge < -0.3 is 24.2 Å². The van der Waals surface area contributed by atoms with Gasteiger partial charge in [0.15, 0.2) is 0 Å². The summed E-state index contributed by atoms with van der Waals surface area (Å²) >= 11 is 0. The molecule has 2 aromatic rings. The molecule has 2 aromatic carbocycles. The minimum atomic E-state index is -0.707. The summed E-state index contributed by atoms with van der Waals surface area (Å²) in [5, 5.41) is 11.2. The van der Waals surface area contributed by atoms with E-state index in [0.717, 1.165) is 31.6 Å². The average molecular weight is 495 g/mol. The Labute approximate surface area is 212 Å². The van der Waals surface area contributed by atoms with Crippen LogP contribution in [0.1, 0.15) is 36.9 Å². The first-order chi connectivity index (χ1) is 17.5. The lowest BCUT2D eigenvalue weighted by Crippen LogP contribution is -2.38. The lowest BCUT2D eigenvalue weighted by Gasteiger charge is -2.29. The minimum Gasteiger partial charge on any atom is -0.507 e. The molecule has 192 valence electrons. The fourth-order valence-electron chi connectivity index (χ4n) is 4.65. The van der Waals surface area contributed by atoms with E-state index in [0.29, 0.717) is 49.8 Å². The Bertz CT molecular complexity index is 1090. The molecule has 0 bridgehead atoms. The molecule has 2 saturated heterocycles. The van der Waals surface area contributed by atoms with Crippen molar-refractivity contribution in [1.82, 2.24) is 9.80 Å². The maximum Gasteiger partial charge on any atom is 0.295 e. The number of hydrogen-bond acceptors (Lipinski definition) is 7. The number of ether oxygens (including phenoxy) is 3. The van der Waals surface area contributed by atoms with Crippen LogP contribution in [0, 0.1) is 0 Å². The molecule has 2 fully saturated rings. The van der Waals surface area contributed by atoms with Gasteiger partial charge in [0, 0.05) is 31.7 Å². The lowest BCUT2D eigenvalue weighted by atomic mass is 9.95. The lowest BCUT2D eigenvalue weighted by molar-refractivity contribution is -0.140. The Balaban J connectivity index is 1.67. The van der Waals surface area contributed by atoms with Gasteiger partial charge in [-0.1, -0.05) is 19.1 Å². The van der Waals surface area contributed by atoms with Crippen LogP contribution < -0.4 is 9.47 Å². The number of likely N-dealkylation sites (tertiary alicyclic amines) is 1. The van der Waals surface area contributed by atoms with Gasteiger partial charge in [0.1, 0.15) is 17.3 Å². The highest BCUT2D eigenvalue weighted by atomic mass is 16.5. The predicted octanol–water partition coefficient (Wildman–Crippen LogP) is 3.63. The van der Waals surface area contributed by atoms with Crippen molar-refractivity contribution >= 4 is 17.4 Å². The fourth-order valence-corrected chi connectivity index (χ4v) is 4.65. The smallest absolute Gasteiger partial charge is 0.295 e. The molecule has 0 saturated carbocycles. The second-order valence-corrected chi connectivity index (χ2v) is 8.95. The number of ketones is 1. The topological polar surface area (TPSA) is 88.5 Å². The third-order valence-corrected chi connectivity index (χ3v) is 6.53. The fraction of sp³-hybridized carbons (Fsp3) is 0.429. The van der Waals surface area contributed by atoms with Crippen LogP contribution in [0.25, 0.3) is 5.76 Å². The number of Topliss-reactive ketones (excluding diaryl/α,β-unsaturated/α-hetero) is 1. The zero-order chi connectivity index (χ0) is 25.5. The minimum absolute atomic E-state index is 0.0872. The Hall–Kier alpha value is -3.36. The third kappa shape index (κ3) is 5.71. The number of amides is 1. The first kappa shape index (κ1) is 25.7. The van der Waals surface area contributed by atoms with Gasteiger partial charge in [-0.2, -0.15) is 0 Å². The van der Waals surface area contributed by atoms with Crippen molar-refractivity contribution < 1.29 is 28.9 Å². The first-order valence-electron chi connectivity index (χ1n) is 12.5. The summed E-state index contributed by atoms with van der Waals surface area (Å²) in [7, 11) is 1.56. The van der Waals surface area contributed by atoms with Crippen molar-refractivity contribution in [1.29, 1.82) is 0 Å². The molecule has 0 aliphatic carbocycles. The Morgan fingerprint density at radius 1 is 1.06 bits per heavy atom. The number of benzene rings is 2. The summed E-state index contributed by atoms with van der Waals surface area (Å²) in [6.45, 7) is 6.92. The van der Waals surface area contributed by atoms with Crippen LogP contribution in [0.5, 0.6) is 11.5 Å². The van der Waals surface area contributed by atoms with Gasteiger partial charge in [0.05, 0.1) is 38.5 Å². The highest BCUT2D eigenvalue weighted by Gasteiger charge is 2.46. The Morgan fingerprint density at radius 2 is 1.81 bits per heavy atom. The summed E-state index contributed by atoms with van der Waals surface area (Å²) in [6.07, 6.45) is 1.57. The predicted molar refractivity (Wildman–Crippen MR) is 136 cm³/mol. The van der Waals surface area contributed by atoms with Crippen molar-refractivity contribution in [2.75, 3.05) is 53.1 Å². The van der Waals surface area contributed by atoms with Gasteiger partial charge in [-0.05, 0) is 54.8 Å². The van der Waals surface area contributed by atoms with Crippen LogP contribution in [0.4, 0.5) is 0 Å². The van der Waals surface area contributed by atoms with Gasteiger partial charge >= 0.3 is 0 Å². The average Bonchev–Trinajstić information content (AvgIpc) is 3.17. The molecular weight excluding hydrogens is 460 g/mol. The van der Waals surface area contributed by atoms with E-state index in [4.69, 9.17) is 14.2 Å². The maximum absolute atomic E-state index is 13.3. The molecular formula is C28H34N2O6. The molecule has 0 spiro atoms. The maximum atomic E-state index is 13.3. The Morgan fingerprint density at radius 3 is 2.50 bits per heavy atom. The second kappa shape index (κ2) is 12.1. The van der Waals surface area contributed by atoms with Crippen molar-refractivity contribution in [2.45, 2.75) is 25.8 Å². The first-order valence-corrected chi connectivity index (χ1v) is 12.5. The van der Waals surface area contributed by atoms with Crippen LogP contribution in [0.3, 0.4) is 0 Å². The standard InChI is InChI=1S/C28H34N2O6/c1-3-16-36-23-7-4-6-21(19-23)25-24(26(31)20-8-10-22(34-2)11-9-20)27(32)28(33)30(25)13-5-12-29-14-17-35-18-15-29/h4,6-11,19,25,31H,3,5,12-18H2,1-2H3/b26-24-. The number of nitrogens with zero attached hydrogens (tertiary/aromatic N) is 2. The van der Waals surface area contributed by atoms with E-state index < -0.39 is 17.7 Å². The number of aliphatic hydroxyl groups excluding tert-OH is 1. The summed E-state index contributed by atoms with van der Waals surface area (Å²) in [6, 6.07) is 13.5. The Kier molecular flexibility index (Phi) is 8.61. The SMILES string of the molecule is CCCOc1cccc(C2/C(=C(/O)c3ccc(OC)cc3)C(=O)C(=O)N2CCCN2CCOCC2)c1. The number of carbonyl (C=O) groups excluding carboxylic acids is 2. The van der Waals surface area contributed by atoms with E-state index in [-0.39, 0.29) is 11.3 Å². The van der Waals surface area contributed by atoms with E-state index in [9.17, 15) is 14.7 Å². The zero-order valence-corrected chi connectivity index (χ0v) is 20.9. The third-order valence-electron chi connectivity index (χ3n) is 6.53. The molecule has 8 nitrogen and oxygen atoms in total. The molecule has 36 heavy (non-hydrogen) atoms. The number of morpholine rings is 1. The summed E-state index contributed by atoms with van der Waals surface area (Å²) in [4.78, 5) is 30.4. The summed E-state index contributed by atoms with van der Waals surface area (Å²) in [5.74, 6) is -0.182. The number of aliphatic hydroxyl groups is 1. The quantitative estimate of drug-likeness (QED) is 0.307. The molecule has 1 N–H and O–H groups in total. The molecule has 4 rings (SSSR count). The molecule has 1 atom stereocenters. The molecule has 2 aliphatic rings. The van der Waals surface area contributed by atoms with Crippen LogP contribution in [0.2, 0.25) is 0 Å². The molecule has 8 heteroatoms. The van der Waals surface area contributed by atoms with E-state index in [1.54, 1.807) is 36.3 Å². The molecule has 2 aliphatic heterocycles. The molecule has 2 heterocycles. The number of carbonyl (C=O) groups is 2. The van der Waals surface area contributed by atoms with Crippen molar-refractivity contribution in [3.63, 3.8) is 0 Å². The van der Waals surface area contributed by atoms with Gasteiger partial charge in [-0.3, -0.25) is 14.5 Å². The number of hydrogen-bond donors (Lipinski definition) is 1. The second-order valence-electron chi connectivity index (χ2n) is 8.95. The van der Waals surface area contributed by atoms with Gasteiger partial charge in [0.25, 0.3) is 11.7 Å². The van der Waals surface area contributed by atoms with Crippen LogP contribution >= 0.6 is 0 Å². The molecule has 0 aromatic heterocycles. The summed E-state index contributed by atoms with van der Waals surface area (Å²) < 4.78 is 16.4. The van der Waals surface area contributed by atoms with Crippen LogP contribution in [0.15, 0.2) is 54.1 Å². The van der Waals surface area contributed by atoms with Crippen molar-refractivity contribution in [2.24, 2.45) is 0 Å². The van der Waals surface area contributed by atoms with Gasteiger partial charge in [-0.25, -0.2) is 0 Å². The molecule has 1 unspecified atom stereocenters.